The van der Waals surface area contributed by atoms with Crippen molar-refractivity contribution in [1.82, 2.24) is 10.2 Å². The number of nitrogens with one attached hydrogen (secondary N) is 1. The summed E-state index contributed by atoms with van der Waals surface area (Å²) in [6, 6.07) is 27.7. The standard InChI is InChI=1S/C26H26ClN3O2/c27-22-12-7-13-23(18-22)30-17-16-29(26(30)32)19-25(31)28-15-14-24(20-8-3-1-4-9-20)21-10-5-2-6-11-21/h1-13,18,24H,14-17,19H2,(H,28,31). The van der Waals surface area contributed by atoms with Gasteiger partial charge in [0.1, 0.15) is 6.54 Å². The predicted octanol–water partition coefficient (Wildman–Crippen LogP) is 4.92. The number of benzene rings is 3. The van der Waals surface area contributed by atoms with Crippen molar-refractivity contribution in [1.29, 1.82) is 0 Å². The van der Waals surface area contributed by atoms with Crippen LogP contribution in [0.1, 0.15) is 23.5 Å². The minimum atomic E-state index is -0.172. The highest BCUT2D eigenvalue weighted by atomic mass is 35.5. The number of amides is 3. The average molecular weight is 448 g/mol. The predicted molar refractivity (Wildman–Crippen MR) is 128 cm³/mol. The number of hydrogen-bond donors (Lipinski definition) is 1. The van der Waals surface area contributed by atoms with Crippen molar-refractivity contribution in [3.8, 4) is 0 Å². The highest BCUT2D eigenvalue weighted by Crippen LogP contribution is 2.27. The molecule has 0 spiro atoms. The molecule has 1 fully saturated rings. The first kappa shape index (κ1) is 21.9. The van der Waals surface area contributed by atoms with E-state index in [9.17, 15) is 9.59 Å². The Kier molecular flexibility index (Phi) is 7.07. The summed E-state index contributed by atoms with van der Waals surface area (Å²) in [5.74, 6) is 0.0515. The zero-order valence-corrected chi connectivity index (χ0v) is 18.5. The summed E-state index contributed by atoms with van der Waals surface area (Å²) in [6.45, 7) is 1.64. The van der Waals surface area contributed by atoms with Crippen LogP contribution < -0.4 is 10.2 Å². The van der Waals surface area contributed by atoms with Crippen molar-refractivity contribution in [3.63, 3.8) is 0 Å². The number of nitrogens with zero attached hydrogens (tertiary/aromatic N) is 2. The molecule has 0 bridgehead atoms. The van der Waals surface area contributed by atoms with Gasteiger partial charge in [-0.3, -0.25) is 9.69 Å². The van der Waals surface area contributed by atoms with Crippen LogP contribution in [0.2, 0.25) is 5.02 Å². The van der Waals surface area contributed by atoms with Gasteiger partial charge in [-0.25, -0.2) is 4.79 Å². The van der Waals surface area contributed by atoms with Crippen molar-refractivity contribution < 1.29 is 9.59 Å². The van der Waals surface area contributed by atoms with Crippen LogP contribution in [0.25, 0.3) is 0 Å². The lowest BCUT2D eigenvalue weighted by Gasteiger charge is -2.20. The van der Waals surface area contributed by atoms with E-state index in [1.165, 1.54) is 11.1 Å². The van der Waals surface area contributed by atoms with Gasteiger partial charge in [-0.05, 0) is 35.7 Å². The number of anilines is 1. The Morgan fingerprint density at radius 1 is 0.906 bits per heavy atom. The number of rotatable bonds is 8. The molecular weight excluding hydrogens is 422 g/mol. The van der Waals surface area contributed by atoms with Crippen LogP contribution in [-0.2, 0) is 4.79 Å². The molecule has 3 aromatic carbocycles. The molecule has 32 heavy (non-hydrogen) atoms. The molecule has 0 saturated carbocycles. The summed E-state index contributed by atoms with van der Waals surface area (Å²) in [5.41, 5.74) is 3.19. The Balaban J connectivity index is 1.32. The van der Waals surface area contributed by atoms with E-state index in [0.29, 0.717) is 24.7 Å². The first-order valence-electron chi connectivity index (χ1n) is 10.8. The molecule has 1 aliphatic heterocycles. The highest BCUT2D eigenvalue weighted by Gasteiger charge is 2.30. The smallest absolute Gasteiger partial charge is 0.325 e. The van der Waals surface area contributed by atoms with Crippen molar-refractivity contribution in [3.05, 3.63) is 101 Å². The van der Waals surface area contributed by atoms with Gasteiger partial charge in [0, 0.05) is 36.3 Å². The monoisotopic (exact) mass is 447 g/mol. The lowest BCUT2D eigenvalue weighted by molar-refractivity contribution is -0.121. The second kappa shape index (κ2) is 10.3. The molecule has 0 radical (unpaired) electrons. The van der Waals surface area contributed by atoms with Gasteiger partial charge in [0.05, 0.1) is 0 Å². The number of carbonyl (C=O) groups excluding carboxylic acids is 2. The van der Waals surface area contributed by atoms with Crippen molar-refractivity contribution in [2.24, 2.45) is 0 Å². The first-order valence-corrected chi connectivity index (χ1v) is 11.2. The average Bonchev–Trinajstić information content (AvgIpc) is 3.18. The topological polar surface area (TPSA) is 52.7 Å². The molecule has 1 saturated heterocycles. The van der Waals surface area contributed by atoms with Crippen LogP contribution in [0, 0.1) is 0 Å². The van der Waals surface area contributed by atoms with Gasteiger partial charge in [0.2, 0.25) is 5.91 Å². The molecule has 4 rings (SSSR count). The number of halogens is 1. The second-order valence-electron chi connectivity index (χ2n) is 7.85. The molecular formula is C26H26ClN3O2. The summed E-state index contributed by atoms with van der Waals surface area (Å²) in [7, 11) is 0. The minimum Gasteiger partial charge on any atom is -0.355 e. The third-order valence-corrected chi connectivity index (χ3v) is 5.94. The third-order valence-electron chi connectivity index (χ3n) is 5.71. The summed E-state index contributed by atoms with van der Waals surface area (Å²) in [4.78, 5) is 28.5. The lowest BCUT2D eigenvalue weighted by atomic mass is 9.88. The molecule has 3 amide bonds. The van der Waals surface area contributed by atoms with Crippen molar-refractivity contribution in [2.45, 2.75) is 12.3 Å². The zero-order valence-electron chi connectivity index (χ0n) is 17.8. The van der Waals surface area contributed by atoms with Crippen LogP contribution >= 0.6 is 11.6 Å². The summed E-state index contributed by atoms with van der Waals surface area (Å²) >= 11 is 6.05. The quantitative estimate of drug-likeness (QED) is 0.532. The Hall–Kier alpha value is -3.31. The molecule has 0 unspecified atom stereocenters. The van der Waals surface area contributed by atoms with Gasteiger partial charge < -0.3 is 10.2 Å². The Morgan fingerprint density at radius 3 is 2.19 bits per heavy atom. The van der Waals surface area contributed by atoms with Crippen LogP contribution in [0.4, 0.5) is 10.5 Å². The van der Waals surface area contributed by atoms with E-state index in [0.717, 1.165) is 12.1 Å². The van der Waals surface area contributed by atoms with E-state index >= 15 is 0 Å². The zero-order chi connectivity index (χ0) is 22.3. The maximum absolute atomic E-state index is 12.7. The molecule has 1 aliphatic rings. The van der Waals surface area contributed by atoms with Gasteiger partial charge >= 0.3 is 6.03 Å². The molecule has 1 N–H and O–H groups in total. The maximum Gasteiger partial charge on any atom is 0.325 e. The van der Waals surface area contributed by atoms with Gasteiger partial charge in [0.15, 0.2) is 0 Å². The second-order valence-corrected chi connectivity index (χ2v) is 8.28. The van der Waals surface area contributed by atoms with Crippen molar-refractivity contribution >= 4 is 29.2 Å². The molecule has 5 nitrogen and oxygen atoms in total. The van der Waals surface area contributed by atoms with E-state index in [1.807, 2.05) is 48.5 Å². The summed E-state index contributed by atoms with van der Waals surface area (Å²) < 4.78 is 0. The van der Waals surface area contributed by atoms with Gasteiger partial charge in [0.25, 0.3) is 0 Å². The van der Waals surface area contributed by atoms with Crippen LogP contribution in [0.15, 0.2) is 84.9 Å². The van der Waals surface area contributed by atoms with E-state index in [2.05, 4.69) is 29.6 Å². The molecule has 6 heteroatoms. The normalized spacial score (nSPS) is 13.6. The lowest BCUT2D eigenvalue weighted by Crippen LogP contribution is -2.40. The summed E-state index contributed by atoms with van der Waals surface area (Å²) in [5, 5.41) is 3.57. The molecule has 164 valence electrons. The van der Waals surface area contributed by atoms with Crippen LogP contribution in [-0.4, -0.2) is 43.0 Å². The SMILES string of the molecule is O=C(CN1CCN(c2cccc(Cl)c2)C1=O)NCCC(c1ccccc1)c1ccccc1. The van der Waals surface area contributed by atoms with Gasteiger partial charge in [-0.1, -0.05) is 78.3 Å². The van der Waals surface area contributed by atoms with E-state index in [4.69, 9.17) is 11.6 Å². The van der Waals surface area contributed by atoms with E-state index < -0.39 is 0 Å². The Labute approximate surface area is 193 Å². The summed E-state index contributed by atoms with van der Waals surface area (Å²) in [6.07, 6.45) is 0.780. The number of carbonyl (C=O) groups is 2. The minimum absolute atomic E-state index is 0.0528. The van der Waals surface area contributed by atoms with E-state index in [-0.39, 0.29) is 24.4 Å². The fourth-order valence-corrected chi connectivity index (χ4v) is 4.28. The van der Waals surface area contributed by atoms with Crippen LogP contribution in [0.3, 0.4) is 0 Å². The molecule has 0 atom stereocenters. The molecule has 3 aromatic rings. The molecule has 0 aromatic heterocycles. The largest absolute Gasteiger partial charge is 0.355 e. The van der Waals surface area contributed by atoms with E-state index in [1.54, 1.807) is 21.9 Å². The maximum atomic E-state index is 12.7. The van der Waals surface area contributed by atoms with Crippen LogP contribution in [0.5, 0.6) is 0 Å². The third kappa shape index (κ3) is 5.29. The van der Waals surface area contributed by atoms with Gasteiger partial charge in [-0.15, -0.1) is 0 Å². The Morgan fingerprint density at radius 2 is 1.56 bits per heavy atom. The number of hydrogen-bond acceptors (Lipinski definition) is 2. The molecule has 0 aliphatic carbocycles. The fourth-order valence-electron chi connectivity index (χ4n) is 4.09. The highest BCUT2D eigenvalue weighted by molar-refractivity contribution is 6.30. The van der Waals surface area contributed by atoms with Gasteiger partial charge in [-0.2, -0.15) is 0 Å². The first-order chi connectivity index (χ1) is 15.6. The van der Waals surface area contributed by atoms with Crippen molar-refractivity contribution in [2.75, 3.05) is 31.1 Å². The fraction of sp³-hybridized carbons (Fsp3) is 0.231. The number of urea groups is 1. The molecule has 1 heterocycles. The Bertz CT molecular complexity index is 1020.